The molecule has 0 spiro atoms. The van der Waals surface area contributed by atoms with Gasteiger partial charge in [0.05, 0.1) is 9.77 Å². The predicted molar refractivity (Wildman–Crippen MR) is 110 cm³/mol. The molecule has 6 nitrogen and oxygen atoms in total. The second kappa shape index (κ2) is 9.00. The molecule has 1 aromatic carbocycles. The van der Waals surface area contributed by atoms with E-state index in [9.17, 15) is 8.42 Å². The van der Waals surface area contributed by atoms with Crippen molar-refractivity contribution >= 4 is 21.4 Å². The molecule has 2 N–H and O–H groups in total. The third kappa shape index (κ3) is 4.52. The molecule has 0 radical (unpaired) electrons. The lowest BCUT2D eigenvalue weighted by Crippen LogP contribution is -2.83. The maximum absolute atomic E-state index is 12.6. The van der Waals surface area contributed by atoms with Crippen molar-refractivity contribution in [3.63, 3.8) is 0 Å². The smallest absolute Gasteiger partial charge is 0.243 e. The zero-order valence-corrected chi connectivity index (χ0v) is 18.0. The summed E-state index contributed by atoms with van der Waals surface area (Å²) in [5.74, 6) is 0.650. The number of oxazole rings is 1. The Balaban J connectivity index is 1.63. The van der Waals surface area contributed by atoms with Gasteiger partial charge in [-0.2, -0.15) is 4.31 Å². The van der Waals surface area contributed by atoms with Gasteiger partial charge in [-0.15, -0.1) is 11.3 Å². The van der Waals surface area contributed by atoms with E-state index in [0.717, 1.165) is 16.1 Å². The molecule has 0 saturated carbocycles. The quantitative estimate of drug-likeness (QED) is 0.576. The summed E-state index contributed by atoms with van der Waals surface area (Å²) in [6, 6.07) is 11.3. The Labute approximate surface area is 170 Å². The van der Waals surface area contributed by atoms with Crippen LogP contribution in [0.2, 0.25) is 0 Å². The summed E-state index contributed by atoms with van der Waals surface area (Å²) in [7, 11) is -3.42. The summed E-state index contributed by atoms with van der Waals surface area (Å²) in [5, 5.41) is 4.15. The fourth-order valence-electron chi connectivity index (χ4n) is 3.00. The summed E-state index contributed by atoms with van der Waals surface area (Å²) < 4.78 is 32.2. The average Bonchev–Trinajstić information content (AvgIpc) is 3.38. The van der Waals surface area contributed by atoms with Gasteiger partial charge in [0.1, 0.15) is 24.5 Å². The molecule has 0 bridgehead atoms. The van der Waals surface area contributed by atoms with Crippen LogP contribution in [0, 0.1) is 0 Å². The van der Waals surface area contributed by atoms with Gasteiger partial charge in [-0.3, -0.25) is 0 Å². The van der Waals surface area contributed by atoms with E-state index in [1.54, 1.807) is 29.7 Å². The van der Waals surface area contributed by atoms with Gasteiger partial charge >= 0.3 is 0 Å². The van der Waals surface area contributed by atoms with Gasteiger partial charge in [-0.1, -0.05) is 32.0 Å². The number of rotatable bonds is 9. The SMILES string of the molecule is CCN(CC)S(=O)(=O)c1ccc([C@H](C)[NH2+]Cc2coc(-c3cccs3)n2)cc1. The van der Waals surface area contributed by atoms with E-state index in [1.807, 2.05) is 43.5 Å². The van der Waals surface area contributed by atoms with Gasteiger partial charge in [0.25, 0.3) is 0 Å². The van der Waals surface area contributed by atoms with Crippen molar-refractivity contribution in [3.05, 3.63) is 59.3 Å². The molecule has 150 valence electrons. The number of hydrogen-bond donors (Lipinski definition) is 1. The summed E-state index contributed by atoms with van der Waals surface area (Å²) >= 11 is 1.60. The standard InChI is InChI=1S/C20H25N3O3S2/c1-4-23(5-2)28(24,25)18-10-8-16(9-11-18)15(3)21-13-17-14-26-20(22-17)19-7-6-12-27-19/h6-12,14-15,21H,4-5,13H2,1-3H3/p+1/t15-/m0/s1. The van der Waals surface area contributed by atoms with E-state index in [-0.39, 0.29) is 6.04 Å². The zero-order chi connectivity index (χ0) is 20.1. The summed E-state index contributed by atoms with van der Waals surface area (Å²) in [4.78, 5) is 5.89. The van der Waals surface area contributed by atoms with E-state index in [1.165, 1.54) is 4.31 Å². The molecule has 0 aliphatic carbocycles. The minimum Gasteiger partial charge on any atom is -0.443 e. The van der Waals surface area contributed by atoms with E-state index < -0.39 is 10.0 Å². The maximum atomic E-state index is 12.6. The number of thiophene rings is 1. The van der Waals surface area contributed by atoms with Crippen molar-refractivity contribution in [2.75, 3.05) is 13.1 Å². The van der Waals surface area contributed by atoms with E-state index >= 15 is 0 Å². The Kier molecular flexibility index (Phi) is 6.66. The summed E-state index contributed by atoms with van der Waals surface area (Å²) in [6.45, 7) is 7.41. The molecular weight excluding hydrogens is 394 g/mol. The summed E-state index contributed by atoms with van der Waals surface area (Å²) in [6.07, 6.45) is 1.69. The molecule has 1 atom stereocenters. The first kappa shape index (κ1) is 20.7. The molecule has 0 aliphatic rings. The lowest BCUT2D eigenvalue weighted by molar-refractivity contribution is -0.708. The molecule has 2 heterocycles. The molecule has 3 rings (SSSR count). The summed E-state index contributed by atoms with van der Waals surface area (Å²) in [5.41, 5.74) is 1.96. The van der Waals surface area contributed by atoms with Crippen molar-refractivity contribution < 1.29 is 18.2 Å². The molecule has 3 aromatic rings. The highest BCUT2D eigenvalue weighted by atomic mass is 32.2. The lowest BCUT2D eigenvalue weighted by Gasteiger charge is -2.19. The number of nitrogens with two attached hydrogens (primary N) is 1. The van der Waals surface area contributed by atoms with Gasteiger partial charge in [-0.25, -0.2) is 13.4 Å². The molecule has 2 aromatic heterocycles. The van der Waals surface area contributed by atoms with E-state index in [0.29, 0.717) is 30.4 Å². The molecule has 0 aliphatic heterocycles. The van der Waals surface area contributed by atoms with E-state index in [4.69, 9.17) is 4.42 Å². The Morgan fingerprint density at radius 1 is 1.18 bits per heavy atom. The number of nitrogens with zero attached hydrogens (tertiary/aromatic N) is 2. The first-order valence-electron chi connectivity index (χ1n) is 9.37. The fourth-order valence-corrected chi connectivity index (χ4v) is 5.12. The highest BCUT2D eigenvalue weighted by Gasteiger charge is 2.22. The molecule has 0 unspecified atom stereocenters. The predicted octanol–water partition coefficient (Wildman–Crippen LogP) is 3.26. The molecule has 0 saturated heterocycles. The molecule has 0 amide bonds. The molecule has 28 heavy (non-hydrogen) atoms. The van der Waals surface area contributed by atoms with Crippen molar-refractivity contribution in [2.45, 2.75) is 38.3 Å². The Morgan fingerprint density at radius 2 is 1.89 bits per heavy atom. The second-order valence-electron chi connectivity index (χ2n) is 6.51. The zero-order valence-electron chi connectivity index (χ0n) is 16.3. The highest BCUT2D eigenvalue weighted by molar-refractivity contribution is 7.89. The molecule has 0 fully saturated rings. The first-order chi connectivity index (χ1) is 13.5. The first-order valence-corrected chi connectivity index (χ1v) is 11.7. The van der Waals surface area contributed by atoms with Gasteiger partial charge in [0.15, 0.2) is 0 Å². The van der Waals surface area contributed by atoms with Gasteiger partial charge in [-0.05, 0) is 30.5 Å². The van der Waals surface area contributed by atoms with Crippen molar-refractivity contribution in [1.29, 1.82) is 0 Å². The number of aromatic nitrogens is 1. The topological polar surface area (TPSA) is 80.0 Å². The molecular formula is C20H26N3O3S2+. The minimum atomic E-state index is -3.42. The maximum Gasteiger partial charge on any atom is 0.243 e. The number of benzene rings is 1. The van der Waals surface area contributed by atoms with Crippen LogP contribution in [0.25, 0.3) is 10.8 Å². The Hall–Kier alpha value is -2.00. The highest BCUT2D eigenvalue weighted by Crippen LogP contribution is 2.23. The van der Waals surface area contributed by atoms with Crippen LogP contribution in [0.15, 0.2) is 57.4 Å². The average molecular weight is 421 g/mol. The monoisotopic (exact) mass is 420 g/mol. The largest absolute Gasteiger partial charge is 0.443 e. The van der Waals surface area contributed by atoms with Crippen LogP contribution in [0.4, 0.5) is 0 Å². The van der Waals surface area contributed by atoms with Crippen molar-refractivity contribution in [3.8, 4) is 10.8 Å². The number of sulfonamides is 1. The van der Waals surface area contributed by atoms with Crippen molar-refractivity contribution in [2.24, 2.45) is 0 Å². The van der Waals surface area contributed by atoms with Crippen molar-refractivity contribution in [1.82, 2.24) is 9.29 Å². The lowest BCUT2D eigenvalue weighted by atomic mass is 10.1. The van der Waals surface area contributed by atoms with Crippen LogP contribution in [0.5, 0.6) is 0 Å². The normalized spacial score (nSPS) is 13.1. The van der Waals surface area contributed by atoms with Crippen LogP contribution >= 0.6 is 11.3 Å². The van der Waals surface area contributed by atoms with E-state index in [2.05, 4.69) is 17.2 Å². The minimum absolute atomic E-state index is 0.173. The van der Waals surface area contributed by atoms with Crippen LogP contribution < -0.4 is 5.32 Å². The van der Waals surface area contributed by atoms with Crippen LogP contribution in [-0.4, -0.2) is 30.8 Å². The second-order valence-corrected chi connectivity index (χ2v) is 9.39. The van der Waals surface area contributed by atoms with Gasteiger partial charge in [0.2, 0.25) is 15.9 Å². The Bertz CT molecular complexity index is 976. The number of hydrogen-bond acceptors (Lipinski definition) is 5. The van der Waals surface area contributed by atoms with Gasteiger partial charge < -0.3 is 9.73 Å². The van der Waals surface area contributed by atoms with Gasteiger partial charge in [0, 0.05) is 18.7 Å². The van der Waals surface area contributed by atoms with Crippen LogP contribution in [0.3, 0.4) is 0 Å². The Morgan fingerprint density at radius 3 is 2.50 bits per heavy atom. The molecule has 8 heteroatoms. The third-order valence-electron chi connectivity index (χ3n) is 4.71. The number of quaternary nitrogens is 1. The fraction of sp³-hybridized carbons (Fsp3) is 0.350. The van der Waals surface area contributed by atoms with Crippen LogP contribution in [-0.2, 0) is 16.6 Å². The third-order valence-corrected chi connectivity index (χ3v) is 7.64. The van der Waals surface area contributed by atoms with Crippen LogP contribution in [0.1, 0.15) is 38.1 Å².